The maximum absolute atomic E-state index is 13.3. The molecule has 0 fully saturated rings. The molecular formula is C14H11BrFNO2. The van der Waals surface area contributed by atoms with Crippen LogP contribution >= 0.6 is 15.9 Å². The van der Waals surface area contributed by atoms with Crippen LogP contribution in [0.5, 0.6) is 5.75 Å². The minimum Gasteiger partial charge on any atom is -0.507 e. The molecule has 19 heavy (non-hydrogen) atoms. The molecule has 0 atom stereocenters. The lowest BCUT2D eigenvalue weighted by molar-refractivity contribution is 0.102. The number of benzene rings is 2. The zero-order valence-electron chi connectivity index (χ0n) is 10.1. The van der Waals surface area contributed by atoms with Crippen molar-refractivity contribution in [3.63, 3.8) is 0 Å². The SMILES string of the molecule is Cc1cccc(C(=O)Nc2ccc(Br)c(F)c2)c1O. The summed E-state index contributed by atoms with van der Waals surface area (Å²) in [5.41, 5.74) is 1.09. The van der Waals surface area contributed by atoms with Crippen LogP contribution in [0.2, 0.25) is 0 Å². The molecule has 0 radical (unpaired) electrons. The summed E-state index contributed by atoms with van der Waals surface area (Å²) in [4.78, 5) is 12.0. The normalized spacial score (nSPS) is 10.3. The van der Waals surface area contributed by atoms with E-state index in [4.69, 9.17) is 0 Å². The molecule has 2 rings (SSSR count). The second-order valence-corrected chi connectivity index (χ2v) is 4.91. The van der Waals surface area contributed by atoms with Gasteiger partial charge in [-0.05, 0) is 52.7 Å². The number of aromatic hydroxyl groups is 1. The average molecular weight is 324 g/mol. The monoisotopic (exact) mass is 323 g/mol. The van der Waals surface area contributed by atoms with Crippen LogP contribution in [0, 0.1) is 12.7 Å². The van der Waals surface area contributed by atoms with Crippen LogP contribution in [0.1, 0.15) is 15.9 Å². The number of phenols is 1. The summed E-state index contributed by atoms with van der Waals surface area (Å²) < 4.78 is 13.7. The van der Waals surface area contributed by atoms with Gasteiger partial charge in [-0.2, -0.15) is 0 Å². The van der Waals surface area contributed by atoms with Crippen molar-refractivity contribution in [3.8, 4) is 5.75 Å². The topological polar surface area (TPSA) is 49.3 Å². The van der Waals surface area contributed by atoms with Crippen LogP contribution in [0.15, 0.2) is 40.9 Å². The Labute approximate surface area is 118 Å². The summed E-state index contributed by atoms with van der Waals surface area (Å²) >= 11 is 3.03. The first-order valence-electron chi connectivity index (χ1n) is 5.54. The molecule has 0 aliphatic rings. The lowest BCUT2D eigenvalue weighted by atomic mass is 10.1. The van der Waals surface area contributed by atoms with Crippen molar-refractivity contribution < 1.29 is 14.3 Å². The van der Waals surface area contributed by atoms with E-state index in [1.165, 1.54) is 18.2 Å². The second kappa shape index (κ2) is 5.40. The van der Waals surface area contributed by atoms with Gasteiger partial charge in [0.2, 0.25) is 0 Å². The molecule has 0 aliphatic carbocycles. The van der Waals surface area contributed by atoms with Gasteiger partial charge in [-0.15, -0.1) is 0 Å². The van der Waals surface area contributed by atoms with Gasteiger partial charge in [-0.1, -0.05) is 12.1 Å². The van der Waals surface area contributed by atoms with Crippen molar-refractivity contribution in [1.29, 1.82) is 0 Å². The predicted octanol–water partition coefficient (Wildman–Crippen LogP) is 3.85. The Hall–Kier alpha value is -1.88. The second-order valence-electron chi connectivity index (χ2n) is 4.05. The van der Waals surface area contributed by atoms with Gasteiger partial charge in [-0.25, -0.2) is 4.39 Å². The van der Waals surface area contributed by atoms with Gasteiger partial charge in [0, 0.05) is 5.69 Å². The van der Waals surface area contributed by atoms with E-state index in [1.807, 2.05) is 0 Å². The van der Waals surface area contributed by atoms with E-state index in [1.54, 1.807) is 25.1 Å². The molecule has 5 heteroatoms. The summed E-state index contributed by atoms with van der Waals surface area (Å²) in [6.45, 7) is 1.70. The van der Waals surface area contributed by atoms with Gasteiger partial charge in [-0.3, -0.25) is 4.79 Å². The lowest BCUT2D eigenvalue weighted by Gasteiger charge is -2.08. The number of rotatable bonds is 2. The summed E-state index contributed by atoms with van der Waals surface area (Å²) in [6.07, 6.45) is 0. The number of aryl methyl sites for hydroxylation is 1. The zero-order chi connectivity index (χ0) is 14.0. The molecule has 0 unspecified atom stereocenters. The number of para-hydroxylation sites is 1. The fourth-order valence-electron chi connectivity index (χ4n) is 1.61. The Kier molecular flexibility index (Phi) is 3.85. The third-order valence-electron chi connectivity index (χ3n) is 2.66. The molecule has 0 heterocycles. The fourth-order valence-corrected chi connectivity index (χ4v) is 1.86. The highest BCUT2D eigenvalue weighted by Crippen LogP contribution is 2.24. The highest BCUT2D eigenvalue weighted by molar-refractivity contribution is 9.10. The van der Waals surface area contributed by atoms with Crippen molar-refractivity contribution in [2.45, 2.75) is 6.92 Å². The van der Waals surface area contributed by atoms with Crippen LogP contribution in [0.25, 0.3) is 0 Å². The van der Waals surface area contributed by atoms with Crippen molar-refractivity contribution in [1.82, 2.24) is 0 Å². The van der Waals surface area contributed by atoms with E-state index in [0.717, 1.165) is 0 Å². The van der Waals surface area contributed by atoms with Gasteiger partial charge in [0.05, 0.1) is 10.0 Å². The fraction of sp³-hybridized carbons (Fsp3) is 0.0714. The molecule has 2 aromatic rings. The smallest absolute Gasteiger partial charge is 0.259 e. The molecule has 0 bridgehead atoms. The molecule has 3 nitrogen and oxygen atoms in total. The van der Waals surface area contributed by atoms with Crippen LogP contribution in [0.4, 0.5) is 10.1 Å². The zero-order valence-corrected chi connectivity index (χ0v) is 11.7. The first-order chi connectivity index (χ1) is 8.99. The number of carbonyl (C=O) groups excluding carboxylic acids is 1. The summed E-state index contributed by atoms with van der Waals surface area (Å²) in [5, 5.41) is 12.3. The maximum atomic E-state index is 13.3. The molecule has 2 N–H and O–H groups in total. The van der Waals surface area contributed by atoms with Gasteiger partial charge in [0.25, 0.3) is 5.91 Å². The number of amides is 1. The molecule has 0 aromatic heterocycles. The number of carbonyl (C=O) groups is 1. The third kappa shape index (κ3) is 2.93. The Bertz CT molecular complexity index is 643. The molecule has 1 amide bonds. The van der Waals surface area contributed by atoms with E-state index in [-0.39, 0.29) is 11.3 Å². The Balaban J connectivity index is 2.26. The quantitative estimate of drug-likeness (QED) is 0.881. The van der Waals surface area contributed by atoms with E-state index in [2.05, 4.69) is 21.2 Å². The van der Waals surface area contributed by atoms with Crippen molar-refractivity contribution in [3.05, 3.63) is 57.8 Å². The van der Waals surface area contributed by atoms with E-state index >= 15 is 0 Å². The highest BCUT2D eigenvalue weighted by Gasteiger charge is 2.13. The first-order valence-corrected chi connectivity index (χ1v) is 6.33. The van der Waals surface area contributed by atoms with Crippen molar-refractivity contribution in [2.24, 2.45) is 0 Å². The minimum atomic E-state index is -0.483. The van der Waals surface area contributed by atoms with Crippen molar-refractivity contribution >= 4 is 27.5 Å². The summed E-state index contributed by atoms with van der Waals surface area (Å²) in [5.74, 6) is -1.02. The van der Waals surface area contributed by atoms with E-state index in [9.17, 15) is 14.3 Å². The van der Waals surface area contributed by atoms with Crippen LogP contribution in [-0.2, 0) is 0 Å². The van der Waals surface area contributed by atoms with E-state index < -0.39 is 11.7 Å². The maximum Gasteiger partial charge on any atom is 0.259 e. The molecule has 98 valence electrons. The standard InChI is InChI=1S/C14H11BrFNO2/c1-8-3-2-4-10(13(8)18)14(19)17-9-5-6-11(15)12(16)7-9/h2-7,18H,1H3,(H,17,19). The number of hydrogen-bond acceptors (Lipinski definition) is 2. The largest absolute Gasteiger partial charge is 0.507 e. The van der Waals surface area contributed by atoms with Crippen LogP contribution in [0.3, 0.4) is 0 Å². The first kappa shape index (κ1) is 13.5. The Morgan fingerprint density at radius 2 is 2.05 bits per heavy atom. The Morgan fingerprint density at radius 3 is 2.74 bits per heavy atom. The molecule has 0 spiro atoms. The van der Waals surface area contributed by atoms with Gasteiger partial charge in [0.1, 0.15) is 11.6 Å². The third-order valence-corrected chi connectivity index (χ3v) is 3.30. The lowest BCUT2D eigenvalue weighted by Crippen LogP contribution is -2.12. The number of hydrogen-bond donors (Lipinski definition) is 2. The molecule has 0 saturated heterocycles. The average Bonchev–Trinajstić information content (AvgIpc) is 2.37. The summed E-state index contributed by atoms with van der Waals surface area (Å²) in [6, 6.07) is 9.15. The summed E-state index contributed by atoms with van der Waals surface area (Å²) in [7, 11) is 0. The number of anilines is 1. The predicted molar refractivity (Wildman–Crippen MR) is 74.9 cm³/mol. The molecule has 0 aliphatic heterocycles. The van der Waals surface area contributed by atoms with Crippen LogP contribution in [-0.4, -0.2) is 11.0 Å². The molecular weight excluding hydrogens is 313 g/mol. The van der Waals surface area contributed by atoms with Crippen molar-refractivity contribution in [2.75, 3.05) is 5.32 Å². The highest BCUT2D eigenvalue weighted by atomic mass is 79.9. The minimum absolute atomic E-state index is 0.0717. The van der Waals surface area contributed by atoms with Gasteiger partial charge in [0.15, 0.2) is 0 Å². The Morgan fingerprint density at radius 1 is 1.32 bits per heavy atom. The number of halogens is 2. The van der Waals surface area contributed by atoms with Gasteiger partial charge < -0.3 is 10.4 Å². The molecule has 2 aromatic carbocycles. The van der Waals surface area contributed by atoms with E-state index in [0.29, 0.717) is 15.7 Å². The number of nitrogens with one attached hydrogen (secondary N) is 1. The number of phenolic OH excluding ortho intramolecular Hbond substituents is 1. The molecule has 0 saturated carbocycles. The van der Waals surface area contributed by atoms with Crippen LogP contribution < -0.4 is 5.32 Å². The van der Waals surface area contributed by atoms with Gasteiger partial charge >= 0.3 is 0 Å².